The third kappa shape index (κ3) is 2.98. The van der Waals surface area contributed by atoms with E-state index in [1.54, 1.807) is 0 Å². The van der Waals surface area contributed by atoms with Gasteiger partial charge in [-0.25, -0.2) is 0 Å². The van der Waals surface area contributed by atoms with Gasteiger partial charge < -0.3 is 5.73 Å². The fourth-order valence-electron chi connectivity index (χ4n) is 3.40. The molecular weight excluding hydrogens is 196 g/mol. The van der Waals surface area contributed by atoms with Crippen LogP contribution in [-0.4, -0.2) is 30.1 Å². The quantitative estimate of drug-likeness (QED) is 0.742. The molecule has 1 aliphatic carbocycles. The van der Waals surface area contributed by atoms with Gasteiger partial charge in [0.2, 0.25) is 0 Å². The predicted molar refractivity (Wildman–Crippen MR) is 69.4 cm³/mol. The van der Waals surface area contributed by atoms with Gasteiger partial charge in [-0.1, -0.05) is 26.7 Å². The monoisotopic (exact) mass is 224 g/mol. The molecule has 94 valence electrons. The lowest BCUT2D eigenvalue weighted by atomic mass is 9.72. The number of rotatable bonds is 1. The van der Waals surface area contributed by atoms with Crippen LogP contribution in [0.2, 0.25) is 0 Å². The van der Waals surface area contributed by atoms with E-state index < -0.39 is 0 Å². The van der Waals surface area contributed by atoms with Crippen LogP contribution >= 0.6 is 0 Å². The summed E-state index contributed by atoms with van der Waals surface area (Å²) in [6.45, 7) is 7.39. The molecule has 16 heavy (non-hydrogen) atoms. The summed E-state index contributed by atoms with van der Waals surface area (Å²) in [5.74, 6) is 0. The van der Waals surface area contributed by atoms with Gasteiger partial charge in [-0.3, -0.25) is 4.90 Å². The van der Waals surface area contributed by atoms with E-state index in [-0.39, 0.29) is 0 Å². The Balaban J connectivity index is 1.99. The molecule has 2 heteroatoms. The normalized spacial score (nSPS) is 36.9. The summed E-state index contributed by atoms with van der Waals surface area (Å²) >= 11 is 0. The Labute approximate surface area is 101 Å². The lowest BCUT2D eigenvalue weighted by Gasteiger charge is -2.44. The smallest absolute Gasteiger partial charge is 0.0252 e. The van der Waals surface area contributed by atoms with Crippen molar-refractivity contribution in [2.45, 2.75) is 70.9 Å². The molecule has 1 saturated carbocycles. The Bertz CT molecular complexity index is 217. The fraction of sp³-hybridized carbons (Fsp3) is 1.00. The van der Waals surface area contributed by atoms with Gasteiger partial charge in [0.25, 0.3) is 0 Å². The molecular formula is C14H28N2. The minimum atomic E-state index is 0.422. The highest BCUT2D eigenvalue weighted by Gasteiger charge is 2.36. The first-order valence-electron chi connectivity index (χ1n) is 7.08. The average molecular weight is 224 g/mol. The maximum Gasteiger partial charge on any atom is 0.0252 e. The van der Waals surface area contributed by atoms with Gasteiger partial charge in [-0.2, -0.15) is 0 Å². The van der Waals surface area contributed by atoms with Gasteiger partial charge in [-0.05, 0) is 50.6 Å². The minimum Gasteiger partial charge on any atom is -0.326 e. The average Bonchev–Trinajstić information content (AvgIpc) is 2.50. The first-order chi connectivity index (χ1) is 7.58. The number of likely N-dealkylation sites (tertiary alicyclic amines) is 1. The van der Waals surface area contributed by atoms with Crippen LogP contribution in [0.15, 0.2) is 0 Å². The number of hydrogen-bond acceptors (Lipinski definition) is 2. The molecule has 0 bridgehead atoms. The summed E-state index contributed by atoms with van der Waals surface area (Å²) in [5, 5.41) is 0. The van der Waals surface area contributed by atoms with Crippen LogP contribution in [0.5, 0.6) is 0 Å². The van der Waals surface area contributed by atoms with E-state index in [2.05, 4.69) is 18.7 Å². The second-order valence-electron chi connectivity index (χ2n) is 6.59. The predicted octanol–water partition coefficient (Wildman–Crippen LogP) is 2.77. The van der Waals surface area contributed by atoms with E-state index in [4.69, 9.17) is 5.73 Å². The van der Waals surface area contributed by atoms with Crippen LogP contribution in [0, 0.1) is 5.41 Å². The maximum atomic E-state index is 6.34. The van der Waals surface area contributed by atoms with Crippen LogP contribution in [0.3, 0.4) is 0 Å². The van der Waals surface area contributed by atoms with E-state index in [0.29, 0.717) is 17.5 Å². The Hall–Kier alpha value is -0.0800. The molecule has 0 amide bonds. The Morgan fingerprint density at radius 3 is 2.31 bits per heavy atom. The molecule has 1 saturated heterocycles. The molecule has 2 aliphatic rings. The van der Waals surface area contributed by atoms with Crippen molar-refractivity contribution in [3.05, 3.63) is 0 Å². The molecule has 2 nitrogen and oxygen atoms in total. The van der Waals surface area contributed by atoms with Crippen molar-refractivity contribution in [2.24, 2.45) is 11.1 Å². The molecule has 0 aromatic carbocycles. The summed E-state index contributed by atoms with van der Waals surface area (Å²) in [7, 11) is 0. The summed E-state index contributed by atoms with van der Waals surface area (Å²) in [5.41, 5.74) is 6.85. The van der Waals surface area contributed by atoms with Crippen molar-refractivity contribution in [3.63, 3.8) is 0 Å². The van der Waals surface area contributed by atoms with Gasteiger partial charge >= 0.3 is 0 Å². The second-order valence-corrected chi connectivity index (χ2v) is 6.59. The second kappa shape index (κ2) is 5.05. The van der Waals surface area contributed by atoms with Crippen LogP contribution in [0.1, 0.15) is 58.8 Å². The highest BCUT2D eigenvalue weighted by Crippen LogP contribution is 2.37. The molecule has 2 rings (SSSR count). The van der Waals surface area contributed by atoms with Gasteiger partial charge in [-0.15, -0.1) is 0 Å². The van der Waals surface area contributed by atoms with Crippen LogP contribution in [0.25, 0.3) is 0 Å². The van der Waals surface area contributed by atoms with Crippen molar-refractivity contribution < 1.29 is 0 Å². The van der Waals surface area contributed by atoms with Crippen molar-refractivity contribution >= 4 is 0 Å². The highest BCUT2D eigenvalue weighted by atomic mass is 15.2. The van der Waals surface area contributed by atoms with Gasteiger partial charge in [0.15, 0.2) is 0 Å². The highest BCUT2D eigenvalue weighted by molar-refractivity contribution is 4.93. The fourth-order valence-corrected chi connectivity index (χ4v) is 3.40. The molecule has 1 aliphatic heterocycles. The van der Waals surface area contributed by atoms with Crippen molar-refractivity contribution in [1.29, 1.82) is 0 Å². The van der Waals surface area contributed by atoms with E-state index in [0.717, 1.165) is 0 Å². The van der Waals surface area contributed by atoms with E-state index in [1.165, 1.54) is 58.0 Å². The summed E-state index contributed by atoms with van der Waals surface area (Å²) in [6.07, 6.45) is 9.41. The topological polar surface area (TPSA) is 29.3 Å². The number of hydrogen-bond donors (Lipinski definition) is 1. The zero-order valence-electron chi connectivity index (χ0n) is 11.0. The SMILES string of the molecule is CC1(C)CCC(N)C(N2CCCCCC2)C1. The molecule has 0 radical (unpaired) electrons. The summed E-state index contributed by atoms with van der Waals surface area (Å²) < 4.78 is 0. The lowest BCUT2D eigenvalue weighted by molar-refractivity contribution is 0.0802. The zero-order chi connectivity index (χ0) is 11.6. The molecule has 0 aromatic heterocycles. The minimum absolute atomic E-state index is 0.422. The lowest BCUT2D eigenvalue weighted by Crippen LogP contribution is -2.53. The first kappa shape index (κ1) is 12.4. The molecule has 2 fully saturated rings. The largest absolute Gasteiger partial charge is 0.326 e. The Morgan fingerprint density at radius 1 is 1.06 bits per heavy atom. The van der Waals surface area contributed by atoms with Gasteiger partial charge in [0.1, 0.15) is 0 Å². The van der Waals surface area contributed by atoms with E-state index in [1.807, 2.05) is 0 Å². The maximum absolute atomic E-state index is 6.34. The van der Waals surface area contributed by atoms with Crippen LogP contribution in [0.4, 0.5) is 0 Å². The summed E-state index contributed by atoms with van der Waals surface area (Å²) in [4.78, 5) is 2.69. The van der Waals surface area contributed by atoms with Crippen LogP contribution < -0.4 is 5.73 Å². The van der Waals surface area contributed by atoms with Crippen molar-refractivity contribution in [2.75, 3.05) is 13.1 Å². The molecule has 1 heterocycles. The number of nitrogens with zero attached hydrogens (tertiary/aromatic N) is 1. The number of nitrogens with two attached hydrogens (primary N) is 1. The van der Waals surface area contributed by atoms with Crippen molar-refractivity contribution in [1.82, 2.24) is 4.90 Å². The first-order valence-corrected chi connectivity index (χ1v) is 7.08. The Kier molecular flexibility index (Phi) is 3.91. The molecule has 0 spiro atoms. The van der Waals surface area contributed by atoms with Crippen LogP contribution in [-0.2, 0) is 0 Å². The summed E-state index contributed by atoms with van der Waals surface area (Å²) in [6, 6.07) is 1.08. The standard InChI is InChI=1S/C14H28N2/c1-14(2)8-7-12(15)13(11-14)16-9-5-3-4-6-10-16/h12-13H,3-11,15H2,1-2H3. The van der Waals surface area contributed by atoms with E-state index in [9.17, 15) is 0 Å². The molecule has 2 atom stereocenters. The molecule has 0 aromatic rings. The molecule has 2 unspecified atom stereocenters. The third-order valence-corrected chi connectivity index (χ3v) is 4.52. The Morgan fingerprint density at radius 2 is 1.69 bits per heavy atom. The molecule has 2 N–H and O–H groups in total. The van der Waals surface area contributed by atoms with Crippen molar-refractivity contribution in [3.8, 4) is 0 Å². The van der Waals surface area contributed by atoms with E-state index >= 15 is 0 Å². The zero-order valence-corrected chi connectivity index (χ0v) is 11.0. The van der Waals surface area contributed by atoms with Gasteiger partial charge in [0, 0.05) is 12.1 Å². The van der Waals surface area contributed by atoms with Gasteiger partial charge in [0.05, 0.1) is 0 Å². The third-order valence-electron chi connectivity index (χ3n) is 4.52.